The van der Waals surface area contributed by atoms with Gasteiger partial charge in [0.1, 0.15) is 6.79 Å². The fourth-order valence-electron chi connectivity index (χ4n) is 1.07. The Bertz CT molecular complexity index is 229. The van der Waals surface area contributed by atoms with Crippen LogP contribution in [-0.4, -0.2) is 52.2 Å². The summed E-state index contributed by atoms with van der Waals surface area (Å²) >= 11 is 0. The number of hydrogen-bond donors (Lipinski definition) is 2. The van der Waals surface area contributed by atoms with Gasteiger partial charge in [-0.1, -0.05) is 20.8 Å². The molecule has 0 bridgehead atoms. The molecule has 1 atom stereocenters. The van der Waals surface area contributed by atoms with Crippen LogP contribution in [0, 0.1) is 5.41 Å². The maximum absolute atomic E-state index is 11.6. The Morgan fingerprint density at radius 1 is 1.22 bits per heavy atom. The second kappa shape index (κ2) is 9.27. The third-order valence-corrected chi connectivity index (χ3v) is 2.36. The lowest BCUT2D eigenvalue weighted by Crippen LogP contribution is -2.49. The van der Waals surface area contributed by atoms with Crippen LogP contribution in [0.5, 0.6) is 0 Å². The first-order valence-electron chi connectivity index (χ1n) is 6.07. The van der Waals surface area contributed by atoms with Gasteiger partial charge in [-0.2, -0.15) is 0 Å². The normalized spacial score (nSPS) is 13.4. The number of ether oxygens (including phenoxy) is 3. The van der Waals surface area contributed by atoms with Crippen LogP contribution in [0.4, 0.5) is 0 Å². The number of methoxy groups -OCH3 is 1. The average Bonchev–Trinajstić information content (AvgIpc) is 2.30. The fourth-order valence-corrected chi connectivity index (χ4v) is 1.07. The second-order valence-electron chi connectivity index (χ2n) is 5.06. The number of rotatable bonds is 9. The van der Waals surface area contributed by atoms with E-state index in [1.807, 2.05) is 20.8 Å². The summed E-state index contributed by atoms with van der Waals surface area (Å²) in [7, 11) is 1.61. The van der Waals surface area contributed by atoms with Crippen LogP contribution in [0.1, 0.15) is 20.8 Å². The van der Waals surface area contributed by atoms with E-state index in [2.05, 4.69) is 5.32 Å². The topological polar surface area (TPSA) is 82.8 Å². The molecule has 0 heterocycles. The van der Waals surface area contributed by atoms with E-state index in [9.17, 15) is 4.79 Å². The molecular formula is C12H26N2O4. The largest absolute Gasteiger partial charge is 0.382 e. The quantitative estimate of drug-likeness (QED) is 0.455. The third kappa shape index (κ3) is 8.41. The minimum Gasteiger partial charge on any atom is -0.382 e. The zero-order valence-corrected chi connectivity index (χ0v) is 11.8. The lowest BCUT2D eigenvalue weighted by molar-refractivity contribution is -0.125. The highest BCUT2D eigenvalue weighted by molar-refractivity contribution is 5.82. The van der Waals surface area contributed by atoms with Crippen molar-refractivity contribution in [2.45, 2.75) is 26.8 Å². The number of hydrogen-bond acceptors (Lipinski definition) is 5. The maximum Gasteiger partial charge on any atom is 0.237 e. The highest BCUT2D eigenvalue weighted by Gasteiger charge is 2.26. The Kier molecular flexibility index (Phi) is 8.91. The van der Waals surface area contributed by atoms with Gasteiger partial charge < -0.3 is 25.3 Å². The highest BCUT2D eigenvalue weighted by Crippen LogP contribution is 2.16. The summed E-state index contributed by atoms with van der Waals surface area (Å²) in [6.45, 7) is 7.85. The lowest BCUT2D eigenvalue weighted by Gasteiger charge is -2.25. The Labute approximate surface area is 109 Å². The first-order valence-corrected chi connectivity index (χ1v) is 6.07. The van der Waals surface area contributed by atoms with Crippen molar-refractivity contribution >= 4 is 5.91 Å². The molecule has 0 saturated carbocycles. The van der Waals surface area contributed by atoms with Crippen molar-refractivity contribution in [2.75, 3.05) is 40.3 Å². The van der Waals surface area contributed by atoms with E-state index < -0.39 is 6.04 Å². The van der Waals surface area contributed by atoms with Crippen LogP contribution in [-0.2, 0) is 19.0 Å². The molecule has 0 aromatic heterocycles. The minimum absolute atomic E-state index is 0.161. The molecule has 1 amide bonds. The number of carbonyl (C=O) groups is 1. The average molecular weight is 262 g/mol. The zero-order chi connectivity index (χ0) is 14.0. The summed E-state index contributed by atoms with van der Waals surface area (Å²) in [6, 6.07) is -0.518. The van der Waals surface area contributed by atoms with Crippen molar-refractivity contribution in [3.8, 4) is 0 Å². The third-order valence-electron chi connectivity index (χ3n) is 2.36. The molecule has 0 aliphatic carbocycles. The predicted octanol–water partition coefficient (Wildman–Crippen LogP) is 0.113. The maximum atomic E-state index is 11.6. The summed E-state index contributed by atoms with van der Waals surface area (Å²) in [4.78, 5) is 11.6. The Balaban J connectivity index is 3.47. The summed E-state index contributed by atoms with van der Waals surface area (Å²) in [5.41, 5.74) is 5.56. The Morgan fingerprint density at radius 3 is 2.39 bits per heavy atom. The number of nitrogens with one attached hydrogen (secondary N) is 1. The molecule has 0 rings (SSSR count). The zero-order valence-electron chi connectivity index (χ0n) is 11.8. The standard InChI is InChI=1S/C12H26N2O4/c1-12(2,3)10(13)11(15)14-5-6-17-9-18-8-7-16-4/h10H,5-9,13H2,1-4H3,(H,14,15). The van der Waals surface area contributed by atoms with Crippen molar-refractivity contribution in [3.63, 3.8) is 0 Å². The van der Waals surface area contributed by atoms with Crippen molar-refractivity contribution in [1.29, 1.82) is 0 Å². The molecule has 6 heteroatoms. The molecule has 0 aromatic rings. The van der Waals surface area contributed by atoms with E-state index >= 15 is 0 Å². The van der Waals surface area contributed by atoms with Crippen LogP contribution in [0.25, 0.3) is 0 Å². The minimum atomic E-state index is -0.518. The molecule has 108 valence electrons. The Hall–Kier alpha value is -0.690. The van der Waals surface area contributed by atoms with Gasteiger partial charge in [-0.3, -0.25) is 4.79 Å². The molecule has 0 aliphatic heterocycles. The van der Waals surface area contributed by atoms with E-state index in [0.717, 1.165) is 0 Å². The molecule has 0 saturated heterocycles. The molecule has 18 heavy (non-hydrogen) atoms. The van der Waals surface area contributed by atoms with Gasteiger partial charge in [0.2, 0.25) is 5.91 Å². The molecule has 6 nitrogen and oxygen atoms in total. The van der Waals surface area contributed by atoms with E-state index in [0.29, 0.717) is 26.4 Å². The van der Waals surface area contributed by atoms with E-state index in [1.165, 1.54) is 0 Å². The van der Waals surface area contributed by atoms with Crippen LogP contribution >= 0.6 is 0 Å². The molecule has 0 fully saturated rings. The first-order chi connectivity index (χ1) is 8.39. The van der Waals surface area contributed by atoms with Gasteiger partial charge in [-0.05, 0) is 5.41 Å². The lowest BCUT2D eigenvalue weighted by atomic mass is 9.87. The van der Waals surface area contributed by atoms with Gasteiger partial charge >= 0.3 is 0 Å². The smallest absolute Gasteiger partial charge is 0.237 e. The van der Waals surface area contributed by atoms with E-state index in [4.69, 9.17) is 19.9 Å². The highest BCUT2D eigenvalue weighted by atomic mass is 16.7. The molecule has 0 aliphatic rings. The summed E-state index contributed by atoms with van der Waals surface area (Å²) in [5.74, 6) is -0.161. The number of carbonyl (C=O) groups excluding carboxylic acids is 1. The van der Waals surface area contributed by atoms with E-state index in [-0.39, 0.29) is 18.1 Å². The van der Waals surface area contributed by atoms with Gasteiger partial charge in [0.05, 0.1) is 25.9 Å². The van der Waals surface area contributed by atoms with Gasteiger partial charge in [-0.25, -0.2) is 0 Å². The number of nitrogens with two attached hydrogens (primary N) is 1. The molecule has 0 aromatic carbocycles. The van der Waals surface area contributed by atoms with Crippen molar-refractivity contribution in [2.24, 2.45) is 11.1 Å². The predicted molar refractivity (Wildman–Crippen MR) is 69.1 cm³/mol. The molecule has 3 N–H and O–H groups in total. The fraction of sp³-hybridized carbons (Fsp3) is 0.917. The van der Waals surface area contributed by atoms with E-state index in [1.54, 1.807) is 7.11 Å². The van der Waals surface area contributed by atoms with Crippen LogP contribution in [0.2, 0.25) is 0 Å². The van der Waals surface area contributed by atoms with Crippen LogP contribution in [0.15, 0.2) is 0 Å². The van der Waals surface area contributed by atoms with Gasteiger partial charge in [-0.15, -0.1) is 0 Å². The number of amides is 1. The second-order valence-corrected chi connectivity index (χ2v) is 5.06. The molecule has 0 radical (unpaired) electrons. The van der Waals surface area contributed by atoms with Crippen LogP contribution in [0.3, 0.4) is 0 Å². The van der Waals surface area contributed by atoms with Gasteiger partial charge in [0.15, 0.2) is 0 Å². The molecule has 1 unspecified atom stereocenters. The van der Waals surface area contributed by atoms with Crippen molar-refractivity contribution in [3.05, 3.63) is 0 Å². The summed E-state index contributed by atoms with van der Waals surface area (Å²) in [5, 5.41) is 2.72. The summed E-state index contributed by atoms with van der Waals surface area (Å²) < 4.78 is 15.1. The van der Waals surface area contributed by atoms with Gasteiger partial charge in [0.25, 0.3) is 0 Å². The molecule has 0 spiro atoms. The summed E-state index contributed by atoms with van der Waals surface area (Å²) in [6.07, 6.45) is 0. The van der Waals surface area contributed by atoms with Crippen LogP contribution < -0.4 is 11.1 Å². The molecular weight excluding hydrogens is 236 g/mol. The SMILES string of the molecule is COCCOCOCCNC(=O)C(N)C(C)(C)C. The monoisotopic (exact) mass is 262 g/mol. The van der Waals surface area contributed by atoms with Crippen molar-refractivity contribution in [1.82, 2.24) is 5.32 Å². The Morgan fingerprint density at radius 2 is 1.83 bits per heavy atom. The van der Waals surface area contributed by atoms with Gasteiger partial charge in [0, 0.05) is 13.7 Å². The van der Waals surface area contributed by atoms with Crippen molar-refractivity contribution < 1.29 is 19.0 Å². The first kappa shape index (κ1) is 17.3.